The zero-order valence-electron chi connectivity index (χ0n) is 22.0. The molecule has 0 bridgehead atoms. The summed E-state index contributed by atoms with van der Waals surface area (Å²) in [4.78, 5) is 36.2. The Labute approximate surface area is 215 Å². The number of hydrogen-bond donors (Lipinski definition) is 6. The Hall–Kier alpha value is -2.77. The van der Waals surface area contributed by atoms with Gasteiger partial charge in [0.1, 0.15) is 30.7 Å². The van der Waals surface area contributed by atoms with Crippen molar-refractivity contribution in [1.29, 1.82) is 0 Å². The SMILES string of the molecule is CC(C)(C)NCCC(=O)Nc1cc(COC(=O)C(C)(C)C)ccc1O[C@H]1O[C@H](C(=O)O)[C@@H](O)[C@H](O)[C@H]1O. The van der Waals surface area contributed by atoms with Gasteiger partial charge in [-0.05, 0) is 59.2 Å². The standard InChI is InChI=1S/C25H38N2O10/c1-24(2,3)23(34)35-12-13-7-8-15(14(11-13)27-16(28)9-10-26-25(4,5)6)36-22-19(31)17(29)18(30)20(37-22)21(32)33/h7-8,11,17-20,22,26,29-31H,9-10,12H2,1-6H3,(H,27,28)(H,32,33)/t17-,18-,19+,20-,22-/m0/s1. The van der Waals surface area contributed by atoms with Crippen LogP contribution in [0.5, 0.6) is 5.75 Å². The third-order valence-electron chi connectivity index (χ3n) is 5.36. The molecule has 1 aromatic carbocycles. The van der Waals surface area contributed by atoms with Gasteiger partial charge in [0.15, 0.2) is 6.10 Å². The van der Waals surface area contributed by atoms with Gasteiger partial charge in [0, 0.05) is 18.5 Å². The average molecular weight is 527 g/mol. The topological polar surface area (TPSA) is 184 Å². The largest absolute Gasteiger partial charge is 0.479 e. The molecule has 1 heterocycles. The summed E-state index contributed by atoms with van der Waals surface area (Å²) >= 11 is 0. The minimum atomic E-state index is -1.87. The molecule has 5 atom stereocenters. The van der Waals surface area contributed by atoms with Crippen molar-refractivity contribution in [3.8, 4) is 5.75 Å². The van der Waals surface area contributed by atoms with Gasteiger partial charge in [0.05, 0.1) is 11.1 Å². The van der Waals surface area contributed by atoms with E-state index in [1.807, 2.05) is 20.8 Å². The van der Waals surface area contributed by atoms with Gasteiger partial charge in [-0.15, -0.1) is 0 Å². The van der Waals surface area contributed by atoms with Crippen molar-refractivity contribution < 1.29 is 49.0 Å². The maximum Gasteiger partial charge on any atom is 0.335 e. The molecule has 0 spiro atoms. The van der Waals surface area contributed by atoms with Crippen LogP contribution in [0.25, 0.3) is 0 Å². The van der Waals surface area contributed by atoms with Crippen molar-refractivity contribution in [3.63, 3.8) is 0 Å². The Kier molecular flexibility index (Phi) is 10.0. The van der Waals surface area contributed by atoms with Crippen molar-refractivity contribution in [1.82, 2.24) is 5.32 Å². The highest BCUT2D eigenvalue weighted by atomic mass is 16.7. The van der Waals surface area contributed by atoms with Crippen LogP contribution in [-0.2, 0) is 30.5 Å². The van der Waals surface area contributed by atoms with Crippen LogP contribution in [-0.4, -0.2) is 81.1 Å². The van der Waals surface area contributed by atoms with E-state index in [0.717, 1.165) is 0 Å². The Morgan fingerprint density at radius 2 is 1.65 bits per heavy atom. The third-order valence-corrected chi connectivity index (χ3v) is 5.36. The summed E-state index contributed by atoms with van der Waals surface area (Å²) < 4.78 is 16.2. The highest BCUT2D eigenvalue weighted by Crippen LogP contribution is 2.31. The number of carbonyl (C=O) groups is 3. The number of carboxylic acids is 1. The fraction of sp³-hybridized carbons (Fsp3) is 0.640. The maximum absolute atomic E-state index is 12.6. The number of benzene rings is 1. The average Bonchev–Trinajstić information content (AvgIpc) is 2.77. The third kappa shape index (κ3) is 8.93. The smallest absolute Gasteiger partial charge is 0.335 e. The van der Waals surface area contributed by atoms with Crippen molar-refractivity contribution in [2.45, 2.75) is 90.8 Å². The number of rotatable bonds is 9. The van der Waals surface area contributed by atoms with Gasteiger partial charge in [-0.25, -0.2) is 4.79 Å². The quantitative estimate of drug-likeness (QED) is 0.250. The molecule has 1 aromatic rings. The van der Waals surface area contributed by atoms with Gasteiger partial charge in [-0.1, -0.05) is 6.07 Å². The molecule has 37 heavy (non-hydrogen) atoms. The maximum atomic E-state index is 12.6. The van der Waals surface area contributed by atoms with Crippen LogP contribution in [0.4, 0.5) is 5.69 Å². The van der Waals surface area contributed by atoms with Crippen LogP contribution >= 0.6 is 0 Å². The first-order valence-electron chi connectivity index (χ1n) is 11.9. The molecule has 1 saturated heterocycles. The van der Waals surface area contributed by atoms with Gasteiger partial charge < -0.3 is 45.3 Å². The zero-order chi connectivity index (χ0) is 28.1. The van der Waals surface area contributed by atoms with Crippen molar-refractivity contribution in [2.75, 3.05) is 11.9 Å². The summed E-state index contributed by atoms with van der Waals surface area (Å²) in [5, 5.41) is 45.4. The number of nitrogens with one attached hydrogen (secondary N) is 2. The first-order valence-corrected chi connectivity index (χ1v) is 11.9. The summed E-state index contributed by atoms with van der Waals surface area (Å²) in [5.41, 5.74) is -0.225. The number of aliphatic hydroxyl groups excluding tert-OH is 3. The van der Waals surface area contributed by atoms with E-state index in [1.54, 1.807) is 26.8 Å². The second kappa shape index (κ2) is 12.2. The van der Waals surface area contributed by atoms with Crippen LogP contribution in [0.1, 0.15) is 53.5 Å². The van der Waals surface area contributed by atoms with E-state index in [1.165, 1.54) is 12.1 Å². The predicted molar refractivity (Wildman–Crippen MR) is 132 cm³/mol. The molecular weight excluding hydrogens is 488 g/mol. The predicted octanol–water partition coefficient (Wildman–Crippen LogP) is 0.764. The summed E-state index contributed by atoms with van der Waals surface area (Å²) in [5.74, 6) is -2.34. The van der Waals surface area contributed by atoms with Crippen molar-refractivity contribution in [3.05, 3.63) is 23.8 Å². The van der Waals surface area contributed by atoms with E-state index in [-0.39, 0.29) is 35.9 Å². The Balaban J connectivity index is 2.26. The van der Waals surface area contributed by atoms with E-state index in [2.05, 4.69) is 10.6 Å². The number of carbonyl (C=O) groups excluding carboxylic acids is 2. The minimum Gasteiger partial charge on any atom is -0.479 e. The van der Waals surface area contributed by atoms with Gasteiger partial charge >= 0.3 is 11.9 Å². The van der Waals surface area contributed by atoms with Gasteiger partial charge in [0.25, 0.3) is 0 Å². The molecule has 1 aliphatic heterocycles. The molecule has 0 radical (unpaired) electrons. The number of amides is 1. The summed E-state index contributed by atoms with van der Waals surface area (Å²) in [6.07, 6.45) is -8.89. The number of carboxylic acid groups (broad SMARTS) is 1. The summed E-state index contributed by atoms with van der Waals surface area (Å²) in [7, 11) is 0. The number of aliphatic hydroxyl groups is 3. The molecule has 0 aromatic heterocycles. The first-order chi connectivity index (χ1) is 17.0. The fourth-order valence-electron chi connectivity index (χ4n) is 3.27. The number of esters is 1. The van der Waals surface area contributed by atoms with E-state index < -0.39 is 48.1 Å². The molecule has 12 nitrogen and oxygen atoms in total. The lowest BCUT2D eigenvalue weighted by Crippen LogP contribution is -2.61. The van der Waals surface area contributed by atoms with Crippen LogP contribution < -0.4 is 15.4 Å². The van der Waals surface area contributed by atoms with Gasteiger partial charge in [-0.2, -0.15) is 0 Å². The lowest BCUT2D eigenvalue weighted by atomic mass is 9.97. The summed E-state index contributed by atoms with van der Waals surface area (Å²) in [6, 6.07) is 4.49. The molecular formula is C25H38N2O10. The van der Waals surface area contributed by atoms with E-state index in [4.69, 9.17) is 14.2 Å². The van der Waals surface area contributed by atoms with Crippen LogP contribution in [0.15, 0.2) is 18.2 Å². The van der Waals surface area contributed by atoms with E-state index >= 15 is 0 Å². The van der Waals surface area contributed by atoms with Crippen LogP contribution in [0.3, 0.4) is 0 Å². The molecule has 1 amide bonds. The minimum absolute atomic E-state index is 0.000179. The molecule has 0 unspecified atom stereocenters. The Bertz CT molecular complexity index is 969. The number of ether oxygens (including phenoxy) is 3. The number of aliphatic carboxylic acids is 1. The molecule has 208 valence electrons. The molecule has 1 fully saturated rings. The van der Waals surface area contributed by atoms with E-state index in [0.29, 0.717) is 12.1 Å². The summed E-state index contributed by atoms with van der Waals surface area (Å²) in [6.45, 7) is 11.3. The first kappa shape index (κ1) is 30.5. The number of hydrogen-bond acceptors (Lipinski definition) is 10. The monoisotopic (exact) mass is 526 g/mol. The van der Waals surface area contributed by atoms with Crippen LogP contribution in [0.2, 0.25) is 0 Å². The van der Waals surface area contributed by atoms with Gasteiger partial charge in [0.2, 0.25) is 12.2 Å². The van der Waals surface area contributed by atoms with Gasteiger partial charge in [-0.3, -0.25) is 9.59 Å². The molecule has 1 aliphatic rings. The molecule has 0 aliphatic carbocycles. The number of anilines is 1. The van der Waals surface area contributed by atoms with Crippen LogP contribution in [0, 0.1) is 5.41 Å². The lowest BCUT2D eigenvalue weighted by molar-refractivity contribution is -0.271. The second-order valence-electron chi connectivity index (χ2n) is 11.0. The van der Waals surface area contributed by atoms with E-state index in [9.17, 15) is 34.8 Å². The van der Waals surface area contributed by atoms with Crippen molar-refractivity contribution >= 4 is 23.5 Å². The van der Waals surface area contributed by atoms with Crippen molar-refractivity contribution in [2.24, 2.45) is 5.41 Å². The Morgan fingerprint density at radius 3 is 2.22 bits per heavy atom. The molecule has 12 heteroatoms. The Morgan fingerprint density at radius 1 is 1.00 bits per heavy atom. The zero-order valence-corrected chi connectivity index (χ0v) is 22.0. The fourth-order valence-corrected chi connectivity index (χ4v) is 3.27. The molecule has 2 rings (SSSR count). The highest BCUT2D eigenvalue weighted by molar-refractivity contribution is 5.92. The highest BCUT2D eigenvalue weighted by Gasteiger charge is 2.48. The molecule has 6 N–H and O–H groups in total. The lowest BCUT2D eigenvalue weighted by Gasteiger charge is -2.38. The normalized spacial score (nSPS) is 24.3. The second-order valence-corrected chi connectivity index (χ2v) is 11.0. The molecule has 0 saturated carbocycles.